The number of rotatable bonds is 6. The fourth-order valence-electron chi connectivity index (χ4n) is 3.30. The van der Waals surface area contributed by atoms with Crippen molar-refractivity contribution in [3.05, 3.63) is 72.3 Å². The number of benzene rings is 3. The van der Waals surface area contributed by atoms with Crippen LogP contribution in [0.5, 0.6) is 11.5 Å². The summed E-state index contributed by atoms with van der Waals surface area (Å²) in [6.45, 7) is 0. The lowest BCUT2D eigenvalue weighted by Crippen LogP contribution is -1.99. The van der Waals surface area contributed by atoms with Crippen molar-refractivity contribution in [1.29, 1.82) is 0 Å². The number of phenols is 1. The normalized spacial score (nSPS) is 11.1. The van der Waals surface area contributed by atoms with Gasteiger partial charge >= 0.3 is 5.97 Å². The first-order valence-electron chi connectivity index (χ1n) is 9.73. The van der Waals surface area contributed by atoms with Crippen LogP contribution in [0, 0.1) is 0 Å². The van der Waals surface area contributed by atoms with E-state index < -0.39 is 5.97 Å². The average Bonchev–Trinajstić information content (AvgIpc) is 3.43. The number of methoxy groups -OCH3 is 1. The Kier molecular flexibility index (Phi) is 5.45. The Labute approximate surface area is 196 Å². The lowest BCUT2D eigenvalue weighted by Gasteiger charge is -2.11. The molecular formula is C23H16N4O4S2. The number of carbonyl (C=O) groups is 1. The summed E-state index contributed by atoms with van der Waals surface area (Å²) in [5, 5.41) is 29.1. The van der Waals surface area contributed by atoms with Crippen molar-refractivity contribution in [2.24, 2.45) is 0 Å². The number of hydrogen-bond donors (Lipinski definition) is 2. The third-order valence-corrected chi connectivity index (χ3v) is 6.91. The smallest absolute Gasteiger partial charge is 0.335 e. The summed E-state index contributed by atoms with van der Waals surface area (Å²) in [5.74, 6) is 0.110. The maximum atomic E-state index is 11.3. The van der Waals surface area contributed by atoms with E-state index >= 15 is 0 Å². The zero-order valence-electron chi connectivity index (χ0n) is 17.2. The number of hydrogen-bond acceptors (Lipinski definition) is 8. The van der Waals surface area contributed by atoms with E-state index in [1.165, 1.54) is 29.2 Å². The molecule has 0 saturated carbocycles. The molecule has 5 aromatic rings. The molecule has 10 heteroatoms. The molecular weight excluding hydrogens is 460 g/mol. The van der Waals surface area contributed by atoms with Crippen LogP contribution in [0.1, 0.15) is 10.4 Å². The predicted molar refractivity (Wildman–Crippen MR) is 126 cm³/mol. The first-order valence-corrected chi connectivity index (χ1v) is 11.4. The van der Waals surface area contributed by atoms with Gasteiger partial charge in [0.2, 0.25) is 5.16 Å². The molecule has 0 aliphatic rings. The Bertz CT molecular complexity index is 1480. The molecule has 2 heterocycles. The van der Waals surface area contributed by atoms with Gasteiger partial charge in [-0.3, -0.25) is 4.57 Å². The third kappa shape index (κ3) is 4.01. The number of nitrogens with zero attached hydrogens (tertiary/aromatic N) is 4. The molecule has 0 bridgehead atoms. The number of aromatic nitrogens is 4. The van der Waals surface area contributed by atoms with Crippen LogP contribution in [0.15, 0.2) is 76.2 Å². The van der Waals surface area contributed by atoms with E-state index in [0.29, 0.717) is 32.2 Å². The Morgan fingerprint density at radius 2 is 1.88 bits per heavy atom. The highest BCUT2D eigenvalue weighted by Gasteiger charge is 2.21. The fourth-order valence-corrected chi connectivity index (χ4v) is 5.36. The highest BCUT2D eigenvalue weighted by atomic mass is 32.2. The van der Waals surface area contributed by atoms with E-state index in [1.54, 1.807) is 37.4 Å². The summed E-state index contributed by atoms with van der Waals surface area (Å²) >= 11 is 2.70. The molecule has 5 rings (SSSR count). The topological polar surface area (TPSA) is 110 Å². The molecule has 0 amide bonds. The largest absolute Gasteiger partial charge is 0.507 e. The molecule has 8 nitrogen and oxygen atoms in total. The molecule has 3 aromatic carbocycles. The van der Waals surface area contributed by atoms with E-state index in [2.05, 4.69) is 15.2 Å². The lowest BCUT2D eigenvalue weighted by atomic mass is 10.1. The van der Waals surface area contributed by atoms with Crippen LogP contribution in [-0.2, 0) is 0 Å². The second-order valence-corrected chi connectivity index (χ2v) is 9.17. The SMILES string of the molecule is COc1ccc(O)c(-c2nnc(Sc3nc4ccc(C(=O)O)cc4s3)n2-c2ccccc2)c1. The van der Waals surface area contributed by atoms with Crippen molar-refractivity contribution in [2.45, 2.75) is 9.50 Å². The molecule has 0 atom stereocenters. The monoisotopic (exact) mass is 476 g/mol. The summed E-state index contributed by atoms with van der Waals surface area (Å²) < 4.78 is 8.62. The number of thiazole rings is 1. The van der Waals surface area contributed by atoms with Crippen molar-refractivity contribution >= 4 is 39.3 Å². The van der Waals surface area contributed by atoms with Crippen LogP contribution in [0.2, 0.25) is 0 Å². The second-order valence-electron chi connectivity index (χ2n) is 6.93. The minimum atomic E-state index is -0.980. The number of aromatic carboxylic acids is 1. The summed E-state index contributed by atoms with van der Waals surface area (Å²) in [7, 11) is 1.56. The zero-order chi connectivity index (χ0) is 22.9. The summed E-state index contributed by atoms with van der Waals surface area (Å²) in [5.41, 5.74) is 2.22. The van der Waals surface area contributed by atoms with Gasteiger partial charge in [0.05, 0.1) is 28.5 Å². The number of aromatic hydroxyl groups is 1. The van der Waals surface area contributed by atoms with E-state index in [-0.39, 0.29) is 11.3 Å². The van der Waals surface area contributed by atoms with Crippen LogP contribution in [-0.4, -0.2) is 43.0 Å². The summed E-state index contributed by atoms with van der Waals surface area (Å²) in [4.78, 5) is 15.9. The van der Waals surface area contributed by atoms with Crippen LogP contribution in [0.4, 0.5) is 0 Å². The lowest BCUT2D eigenvalue weighted by molar-refractivity contribution is 0.0697. The standard InChI is InChI=1S/C23H16N4O4S2/c1-31-15-8-10-18(28)16(12-15)20-25-26-22(27(20)14-5-3-2-4-6-14)33-23-24-17-9-7-13(21(29)30)11-19(17)32-23/h2-12,28H,1H3,(H,29,30). The molecule has 0 unspecified atom stereocenters. The maximum Gasteiger partial charge on any atom is 0.335 e. The first kappa shape index (κ1) is 21.0. The van der Waals surface area contributed by atoms with Crippen LogP contribution >= 0.6 is 23.1 Å². The Balaban J connectivity index is 1.61. The van der Waals surface area contributed by atoms with E-state index in [4.69, 9.17) is 4.74 Å². The third-order valence-electron chi connectivity index (χ3n) is 4.89. The molecule has 0 saturated heterocycles. The Hall–Kier alpha value is -3.89. The molecule has 0 radical (unpaired) electrons. The van der Waals surface area contributed by atoms with Gasteiger partial charge in [-0.2, -0.15) is 0 Å². The van der Waals surface area contributed by atoms with Crippen molar-refractivity contribution < 1.29 is 19.7 Å². The van der Waals surface area contributed by atoms with Gasteiger partial charge in [0.1, 0.15) is 11.5 Å². The van der Waals surface area contributed by atoms with Gasteiger partial charge in [-0.05, 0) is 60.3 Å². The number of fused-ring (bicyclic) bond motifs is 1. The quantitative estimate of drug-likeness (QED) is 0.348. The maximum absolute atomic E-state index is 11.3. The number of para-hydroxylation sites is 1. The van der Waals surface area contributed by atoms with Gasteiger partial charge in [-0.1, -0.05) is 18.2 Å². The van der Waals surface area contributed by atoms with Gasteiger partial charge < -0.3 is 14.9 Å². The van der Waals surface area contributed by atoms with Gasteiger partial charge in [-0.15, -0.1) is 21.5 Å². The van der Waals surface area contributed by atoms with Crippen molar-refractivity contribution in [1.82, 2.24) is 19.7 Å². The number of carboxylic acids is 1. The van der Waals surface area contributed by atoms with Crippen molar-refractivity contribution in [2.75, 3.05) is 7.11 Å². The molecule has 164 valence electrons. The minimum Gasteiger partial charge on any atom is -0.507 e. The molecule has 0 fully saturated rings. The highest BCUT2D eigenvalue weighted by Crippen LogP contribution is 2.39. The van der Waals surface area contributed by atoms with Gasteiger partial charge in [-0.25, -0.2) is 9.78 Å². The van der Waals surface area contributed by atoms with E-state index in [9.17, 15) is 15.0 Å². The molecule has 0 aliphatic heterocycles. The number of phenolic OH excluding ortho intramolecular Hbond substituents is 1. The van der Waals surface area contributed by atoms with Gasteiger partial charge in [0.25, 0.3) is 0 Å². The second kappa shape index (κ2) is 8.57. The Morgan fingerprint density at radius 1 is 1.06 bits per heavy atom. The van der Waals surface area contributed by atoms with E-state index in [1.807, 2.05) is 34.9 Å². The minimum absolute atomic E-state index is 0.0538. The molecule has 33 heavy (non-hydrogen) atoms. The molecule has 2 N–H and O–H groups in total. The summed E-state index contributed by atoms with van der Waals surface area (Å²) in [6.07, 6.45) is 0. The average molecular weight is 477 g/mol. The van der Waals surface area contributed by atoms with Crippen LogP contribution in [0.3, 0.4) is 0 Å². The number of ether oxygens (including phenoxy) is 1. The first-order chi connectivity index (χ1) is 16.0. The number of carboxylic acid groups (broad SMARTS) is 1. The predicted octanol–water partition coefficient (Wildman–Crippen LogP) is 5.11. The summed E-state index contributed by atoms with van der Waals surface area (Å²) in [6, 6.07) is 19.3. The molecule has 2 aromatic heterocycles. The van der Waals surface area contributed by atoms with Crippen LogP contribution in [0.25, 0.3) is 27.3 Å². The van der Waals surface area contributed by atoms with Gasteiger partial charge in [0.15, 0.2) is 10.2 Å². The highest BCUT2D eigenvalue weighted by molar-refractivity contribution is 8.01. The van der Waals surface area contributed by atoms with Crippen LogP contribution < -0.4 is 4.74 Å². The van der Waals surface area contributed by atoms with E-state index in [0.717, 1.165) is 10.4 Å². The van der Waals surface area contributed by atoms with Crippen molar-refractivity contribution in [3.63, 3.8) is 0 Å². The fraction of sp³-hybridized carbons (Fsp3) is 0.0435. The zero-order valence-corrected chi connectivity index (χ0v) is 18.8. The van der Waals surface area contributed by atoms with Crippen molar-refractivity contribution in [3.8, 4) is 28.6 Å². The molecule has 0 spiro atoms. The van der Waals surface area contributed by atoms with Gasteiger partial charge in [0, 0.05) is 5.69 Å². The molecule has 0 aliphatic carbocycles. The Morgan fingerprint density at radius 3 is 2.64 bits per heavy atom.